The predicted octanol–water partition coefficient (Wildman–Crippen LogP) is 2.07. The molecule has 0 saturated carbocycles. The first-order chi connectivity index (χ1) is 11.6. The van der Waals surface area contributed by atoms with Crippen molar-refractivity contribution in [3.63, 3.8) is 0 Å². The Morgan fingerprint density at radius 2 is 1.57 bits per heavy atom. The standard InChI is InChI=1S/C18H15NO4/c1-23-18(22)15(11-12-7-3-2-4-8-12)19-16(20)13-9-5-6-10-14(13)17(19)21/h2-10,15H,11H2,1H3/t15-/m0/s1/i11D/t11-,15-. The van der Waals surface area contributed by atoms with Gasteiger partial charge in [-0.15, -0.1) is 0 Å². The van der Waals surface area contributed by atoms with Crippen LogP contribution in [0.15, 0.2) is 54.6 Å². The maximum absolute atomic E-state index is 12.6. The fourth-order valence-electron chi connectivity index (χ4n) is 2.58. The molecule has 0 saturated heterocycles. The molecule has 2 aromatic carbocycles. The van der Waals surface area contributed by atoms with Crippen molar-refractivity contribution in [2.24, 2.45) is 0 Å². The minimum atomic E-state index is -1.34. The monoisotopic (exact) mass is 310 g/mol. The highest BCUT2D eigenvalue weighted by Gasteiger charge is 2.43. The van der Waals surface area contributed by atoms with E-state index in [9.17, 15) is 14.4 Å². The van der Waals surface area contributed by atoms with Crippen LogP contribution in [0.4, 0.5) is 0 Å². The molecule has 1 aliphatic rings. The third-order valence-corrected chi connectivity index (χ3v) is 3.70. The van der Waals surface area contributed by atoms with Gasteiger partial charge in [-0.25, -0.2) is 4.79 Å². The lowest BCUT2D eigenvalue weighted by atomic mass is 10.0. The van der Waals surface area contributed by atoms with Crippen LogP contribution in [0.2, 0.25) is 0 Å². The highest BCUT2D eigenvalue weighted by atomic mass is 16.5. The number of hydrogen-bond acceptors (Lipinski definition) is 4. The minimum Gasteiger partial charge on any atom is -0.467 e. The Hall–Kier alpha value is -2.95. The second-order valence-corrected chi connectivity index (χ2v) is 5.07. The Kier molecular flexibility index (Phi) is 3.60. The van der Waals surface area contributed by atoms with Crippen LogP contribution in [0.1, 0.15) is 27.7 Å². The van der Waals surface area contributed by atoms with Crippen molar-refractivity contribution < 1.29 is 20.5 Å². The number of ether oxygens (including phenoxy) is 1. The molecule has 2 atom stereocenters. The second-order valence-electron chi connectivity index (χ2n) is 5.07. The number of rotatable bonds is 4. The van der Waals surface area contributed by atoms with Gasteiger partial charge in [0.25, 0.3) is 11.8 Å². The molecule has 2 amide bonds. The Morgan fingerprint density at radius 3 is 2.09 bits per heavy atom. The number of carbonyl (C=O) groups excluding carboxylic acids is 3. The van der Waals surface area contributed by atoms with Crippen LogP contribution in [-0.2, 0) is 15.9 Å². The van der Waals surface area contributed by atoms with E-state index in [1.165, 1.54) is 19.2 Å². The van der Waals surface area contributed by atoms with Gasteiger partial charge in [-0.1, -0.05) is 42.5 Å². The van der Waals surface area contributed by atoms with Crippen molar-refractivity contribution in [2.75, 3.05) is 7.11 Å². The van der Waals surface area contributed by atoms with Gasteiger partial charge < -0.3 is 4.74 Å². The number of imide groups is 1. The molecule has 0 aliphatic carbocycles. The molecule has 1 aliphatic heterocycles. The molecule has 116 valence electrons. The molecule has 2 aromatic rings. The van der Waals surface area contributed by atoms with Crippen LogP contribution in [0, 0.1) is 0 Å². The zero-order valence-electron chi connectivity index (χ0n) is 13.4. The van der Waals surface area contributed by atoms with Crippen LogP contribution >= 0.6 is 0 Å². The summed E-state index contributed by atoms with van der Waals surface area (Å²) in [7, 11) is 1.17. The van der Waals surface area contributed by atoms with E-state index in [1.807, 2.05) is 0 Å². The zero-order chi connectivity index (χ0) is 17.3. The SMILES string of the molecule is [2H][C@@H](c1ccccc1)[C@@H](C(=O)OC)N1C(=O)c2ccccc2C1=O. The van der Waals surface area contributed by atoms with Gasteiger partial charge >= 0.3 is 5.97 Å². The summed E-state index contributed by atoms with van der Waals surface area (Å²) >= 11 is 0. The Morgan fingerprint density at radius 1 is 1.04 bits per heavy atom. The van der Waals surface area contributed by atoms with Gasteiger partial charge in [0.2, 0.25) is 0 Å². The Bertz CT molecular complexity index is 771. The molecule has 1 heterocycles. The minimum absolute atomic E-state index is 0.233. The molecule has 0 fully saturated rings. The summed E-state index contributed by atoms with van der Waals surface area (Å²) in [5.41, 5.74) is 0.984. The first-order valence-electron chi connectivity index (χ1n) is 7.66. The third-order valence-electron chi connectivity index (χ3n) is 3.70. The summed E-state index contributed by atoms with van der Waals surface area (Å²) in [6.07, 6.45) is -1.14. The van der Waals surface area contributed by atoms with E-state index in [1.54, 1.807) is 42.5 Å². The number of fused-ring (bicyclic) bond motifs is 1. The zero-order valence-corrected chi connectivity index (χ0v) is 12.4. The smallest absolute Gasteiger partial charge is 0.329 e. The molecule has 0 N–H and O–H groups in total. The Labute approximate surface area is 134 Å². The van der Waals surface area contributed by atoms with Crippen molar-refractivity contribution in [3.05, 3.63) is 71.3 Å². The molecule has 0 radical (unpaired) electrons. The number of nitrogens with zero attached hydrogens (tertiary/aromatic N) is 1. The molecule has 5 nitrogen and oxygen atoms in total. The van der Waals surface area contributed by atoms with E-state index in [4.69, 9.17) is 6.11 Å². The molecule has 5 heteroatoms. The number of amides is 2. The summed E-state index contributed by atoms with van der Waals surface area (Å²) in [6.45, 7) is 0. The topological polar surface area (TPSA) is 63.7 Å². The molecule has 3 rings (SSSR count). The van der Waals surface area contributed by atoms with Gasteiger partial charge in [-0.05, 0) is 17.7 Å². The normalized spacial score (nSPS) is 16.6. The highest BCUT2D eigenvalue weighted by molar-refractivity contribution is 6.22. The van der Waals surface area contributed by atoms with Gasteiger partial charge in [0.1, 0.15) is 6.04 Å². The molecule has 0 spiro atoms. The quantitative estimate of drug-likeness (QED) is 0.640. The second kappa shape index (κ2) is 6.04. The van der Waals surface area contributed by atoms with E-state index in [0.29, 0.717) is 5.56 Å². The van der Waals surface area contributed by atoms with Crippen molar-refractivity contribution in [1.82, 2.24) is 4.90 Å². The highest BCUT2D eigenvalue weighted by Crippen LogP contribution is 2.26. The lowest BCUT2D eigenvalue weighted by Gasteiger charge is -2.24. The lowest BCUT2D eigenvalue weighted by Crippen LogP contribution is -2.46. The third kappa shape index (κ3) is 2.61. The fourth-order valence-corrected chi connectivity index (χ4v) is 2.58. The van der Waals surface area contributed by atoms with Crippen molar-refractivity contribution in [3.8, 4) is 0 Å². The van der Waals surface area contributed by atoms with Gasteiger partial charge in [-0.2, -0.15) is 0 Å². The fraction of sp³-hybridized carbons (Fsp3) is 0.167. The van der Waals surface area contributed by atoms with E-state index < -0.39 is 30.2 Å². The number of carbonyl (C=O) groups is 3. The first kappa shape index (κ1) is 13.7. The lowest BCUT2D eigenvalue weighted by molar-refractivity contribution is -0.145. The molecular formula is C18H15NO4. The summed E-state index contributed by atoms with van der Waals surface area (Å²) in [5.74, 6) is -1.97. The van der Waals surface area contributed by atoms with Crippen molar-refractivity contribution in [2.45, 2.75) is 12.4 Å². The number of methoxy groups -OCH3 is 1. The van der Waals surface area contributed by atoms with Crippen LogP contribution in [0.5, 0.6) is 0 Å². The van der Waals surface area contributed by atoms with E-state index in [0.717, 1.165) is 4.90 Å². The van der Waals surface area contributed by atoms with Crippen LogP contribution < -0.4 is 0 Å². The first-order valence-corrected chi connectivity index (χ1v) is 7.08. The van der Waals surface area contributed by atoms with E-state index in [-0.39, 0.29) is 11.1 Å². The average molecular weight is 310 g/mol. The summed E-state index contributed by atoms with van der Waals surface area (Å²) < 4.78 is 13.2. The van der Waals surface area contributed by atoms with E-state index in [2.05, 4.69) is 0 Å². The Balaban J connectivity index is 2.04. The molecule has 0 aromatic heterocycles. The molecule has 23 heavy (non-hydrogen) atoms. The van der Waals surface area contributed by atoms with Crippen LogP contribution in [-0.4, -0.2) is 35.8 Å². The van der Waals surface area contributed by atoms with Crippen LogP contribution in [0.3, 0.4) is 0 Å². The summed E-state index contributed by atoms with van der Waals surface area (Å²) in [5, 5.41) is 0. The van der Waals surface area contributed by atoms with Gasteiger partial charge in [-0.3, -0.25) is 14.5 Å². The largest absolute Gasteiger partial charge is 0.467 e. The summed E-state index contributed by atoms with van der Waals surface area (Å²) in [4.78, 5) is 38.3. The van der Waals surface area contributed by atoms with Gasteiger partial charge in [0, 0.05) is 7.77 Å². The maximum atomic E-state index is 12.6. The predicted molar refractivity (Wildman–Crippen MR) is 82.9 cm³/mol. The van der Waals surface area contributed by atoms with Crippen molar-refractivity contribution >= 4 is 17.8 Å². The summed E-state index contributed by atoms with van der Waals surface area (Å²) in [6, 6.07) is 13.6. The van der Waals surface area contributed by atoms with Crippen molar-refractivity contribution in [1.29, 1.82) is 0 Å². The van der Waals surface area contributed by atoms with Gasteiger partial charge in [0.15, 0.2) is 0 Å². The molecule has 0 unspecified atom stereocenters. The molecule has 0 bridgehead atoms. The molecular weight excluding hydrogens is 294 g/mol. The number of hydrogen-bond donors (Lipinski definition) is 0. The average Bonchev–Trinajstić information content (AvgIpc) is 2.88. The van der Waals surface area contributed by atoms with Gasteiger partial charge in [0.05, 0.1) is 18.2 Å². The number of esters is 1. The van der Waals surface area contributed by atoms with Crippen LogP contribution in [0.25, 0.3) is 0 Å². The number of benzene rings is 2. The maximum Gasteiger partial charge on any atom is 0.329 e. The van der Waals surface area contributed by atoms with E-state index >= 15 is 0 Å².